The number of hydrogen-bond donors (Lipinski definition) is 3. The molecule has 96 valence electrons. The van der Waals surface area contributed by atoms with Crippen molar-refractivity contribution < 1.29 is 9.53 Å². The van der Waals surface area contributed by atoms with Gasteiger partial charge < -0.3 is 10.1 Å². The van der Waals surface area contributed by atoms with Gasteiger partial charge in [0.2, 0.25) is 0 Å². The van der Waals surface area contributed by atoms with Gasteiger partial charge in [-0.15, -0.1) is 0 Å². The average Bonchev–Trinajstić information content (AvgIpc) is 2.40. The van der Waals surface area contributed by atoms with E-state index in [0.29, 0.717) is 12.6 Å². The van der Waals surface area contributed by atoms with Crippen LogP contribution in [0.3, 0.4) is 0 Å². The maximum absolute atomic E-state index is 11.5. The van der Waals surface area contributed by atoms with E-state index in [1.807, 2.05) is 6.92 Å². The Hall–Kier alpha value is -0.910. The molecule has 1 saturated heterocycles. The van der Waals surface area contributed by atoms with Gasteiger partial charge in [-0.3, -0.25) is 4.79 Å². The fraction of sp³-hybridized carbons (Fsp3) is 0.750. The zero-order valence-corrected chi connectivity index (χ0v) is 10.3. The number of nitrogens with one attached hydrogen (secondary N) is 3. The van der Waals surface area contributed by atoms with Crippen LogP contribution in [-0.4, -0.2) is 37.7 Å². The lowest BCUT2D eigenvalue weighted by Gasteiger charge is -2.32. The second-order valence-corrected chi connectivity index (χ2v) is 4.46. The highest BCUT2D eigenvalue weighted by atomic mass is 16.5. The van der Waals surface area contributed by atoms with Crippen LogP contribution in [0, 0.1) is 0 Å². The minimum Gasteiger partial charge on any atom is -0.465 e. The van der Waals surface area contributed by atoms with Gasteiger partial charge in [0.05, 0.1) is 6.61 Å². The van der Waals surface area contributed by atoms with Gasteiger partial charge in [0.1, 0.15) is 6.04 Å². The molecule has 5 heteroatoms. The second kappa shape index (κ2) is 6.14. The van der Waals surface area contributed by atoms with Crippen LogP contribution in [0.2, 0.25) is 0 Å². The van der Waals surface area contributed by atoms with Gasteiger partial charge in [0.25, 0.3) is 0 Å². The maximum Gasteiger partial charge on any atom is 0.324 e. The number of carbonyl (C=O) groups is 1. The van der Waals surface area contributed by atoms with Crippen LogP contribution in [0.4, 0.5) is 0 Å². The van der Waals surface area contributed by atoms with Crippen molar-refractivity contribution in [2.24, 2.45) is 0 Å². The van der Waals surface area contributed by atoms with E-state index in [1.54, 1.807) is 0 Å². The summed E-state index contributed by atoms with van der Waals surface area (Å²) >= 11 is 0. The Kier molecular flexibility index (Phi) is 4.53. The Morgan fingerprint density at radius 1 is 1.47 bits per heavy atom. The molecule has 0 aromatic rings. The van der Waals surface area contributed by atoms with Crippen LogP contribution in [0.15, 0.2) is 11.6 Å². The van der Waals surface area contributed by atoms with Crippen molar-refractivity contribution in [1.29, 1.82) is 0 Å². The monoisotopic (exact) mass is 239 g/mol. The molecule has 3 N–H and O–H groups in total. The molecule has 2 atom stereocenters. The van der Waals surface area contributed by atoms with Crippen LogP contribution in [0.5, 0.6) is 0 Å². The van der Waals surface area contributed by atoms with Gasteiger partial charge in [0.15, 0.2) is 0 Å². The van der Waals surface area contributed by atoms with Crippen LogP contribution in [-0.2, 0) is 9.53 Å². The smallest absolute Gasteiger partial charge is 0.324 e. The van der Waals surface area contributed by atoms with Crippen LogP contribution in [0.1, 0.15) is 26.2 Å². The Morgan fingerprint density at radius 2 is 2.35 bits per heavy atom. The molecule has 2 aliphatic heterocycles. The summed E-state index contributed by atoms with van der Waals surface area (Å²) < 4.78 is 5.00. The van der Waals surface area contributed by atoms with Crippen molar-refractivity contribution in [3.8, 4) is 0 Å². The predicted molar refractivity (Wildman–Crippen MR) is 65.3 cm³/mol. The first-order valence-corrected chi connectivity index (χ1v) is 6.38. The zero-order chi connectivity index (χ0) is 12.1. The molecule has 0 saturated carbocycles. The van der Waals surface area contributed by atoms with Crippen molar-refractivity contribution in [2.45, 2.75) is 38.3 Å². The molecule has 0 amide bonds. The summed E-state index contributed by atoms with van der Waals surface area (Å²) in [5.41, 5.74) is 7.74. The average molecular weight is 239 g/mol. The van der Waals surface area contributed by atoms with Crippen molar-refractivity contribution in [1.82, 2.24) is 16.2 Å². The van der Waals surface area contributed by atoms with E-state index in [-0.39, 0.29) is 12.0 Å². The van der Waals surface area contributed by atoms with Gasteiger partial charge in [-0.05, 0) is 32.7 Å². The van der Waals surface area contributed by atoms with E-state index in [9.17, 15) is 4.79 Å². The minimum absolute atomic E-state index is 0.155. The molecule has 0 radical (unpaired) electrons. The van der Waals surface area contributed by atoms with Gasteiger partial charge in [0, 0.05) is 12.6 Å². The molecule has 0 spiro atoms. The molecule has 0 bridgehead atoms. The van der Waals surface area contributed by atoms with E-state index in [2.05, 4.69) is 22.2 Å². The molecule has 1 fully saturated rings. The number of hydrazine groups is 1. The van der Waals surface area contributed by atoms with Gasteiger partial charge >= 0.3 is 5.97 Å². The van der Waals surface area contributed by atoms with E-state index < -0.39 is 0 Å². The summed E-state index contributed by atoms with van der Waals surface area (Å²) in [6, 6.07) is 0.163. The molecular weight excluding hydrogens is 218 g/mol. The molecule has 2 heterocycles. The Labute approximate surface area is 102 Å². The first-order chi connectivity index (χ1) is 8.31. The lowest BCUT2D eigenvalue weighted by molar-refractivity contribution is -0.146. The third-order valence-electron chi connectivity index (χ3n) is 3.29. The van der Waals surface area contributed by atoms with E-state index in [4.69, 9.17) is 4.74 Å². The third kappa shape index (κ3) is 3.28. The first kappa shape index (κ1) is 12.5. The molecule has 0 aliphatic carbocycles. The lowest BCUT2D eigenvalue weighted by atomic mass is 9.94. The van der Waals surface area contributed by atoms with Crippen LogP contribution < -0.4 is 16.2 Å². The second-order valence-electron chi connectivity index (χ2n) is 4.46. The minimum atomic E-state index is -0.200. The van der Waals surface area contributed by atoms with Crippen molar-refractivity contribution in [3.63, 3.8) is 0 Å². The number of rotatable bonds is 3. The highest BCUT2D eigenvalue weighted by Gasteiger charge is 2.28. The summed E-state index contributed by atoms with van der Waals surface area (Å²) in [5, 5.41) is 3.30. The standard InChI is InChI=1S/C12H21N3O2/c1-2-17-12(16)11-4-3-10(14-15-11)9-5-7-13-8-6-9/h5,10-11,13-15H,2-4,6-8H2,1H3. The van der Waals surface area contributed by atoms with Crippen molar-refractivity contribution >= 4 is 5.97 Å². The number of carbonyl (C=O) groups excluding carboxylic acids is 1. The highest BCUT2D eigenvalue weighted by molar-refractivity contribution is 5.75. The highest BCUT2D eigenvalue weighted by Crippen LogP contribution is 2.18. The molecule has 2 unspecified atom stereocenters. The SMILES string of the molecule is CCOC(=O)C1CCC(C2=CCNCC2)NN1. The van der Waals surface area contributed by atoms with Crippen LogP contribution >= 0.6 is 0 Å². The van der Waals surface area contributed by atoms with E-state index in [1.165, 1.54) is 5.57 Å². The molecule has 0 aromatic heterocycles. The summed E-state index contributed by atoms with van der Waals surface area (Å²) in [6.07, 6.45) is 5.15. The Morgan fingerprint density at radius 3 is 2.94 bits per heavy atom. The van der Waals surface area contributed by atoms with Gasteiger partial charge in [-0.1, -0.05) is 11.6 Å². The van der Waals surface area contributed by atoms with E-state index in [0.717, 1.165) is 32.4 Å². The molecule has 17 heavy (non-hydrogen) atoms. The molecule has 2 rings (SSSR count). The quantitative estimate of drug-likeness (QED) is 0.481. The zero-order valence-electron chi connectivity index (χ0n) is 10.3. The molecular formula is C12H21N3O2. The van der Waals surface area contributed by atoms with E-state index >= 15 is 0 Å². The fourth-order valence-corrected chi connectivity index (χ4v) is 2.33. The predicted octanol–water partition coefficient (Wildman–Crippen LogP) is 0.0944. The molecule has 2 aliphatic rings. The number of esters is 1. The Bertz CT molecular complexity index is 296. The van der Waals surface area contributed by atoms with Gasteiger partial charge in [-0.2, -0.15) is 0 Å². The van der Waals surface area contributed by atoms with Crippen molar-refractivity contribution in [3.05, 3.63) is 11.6 Å². The first-order valence-electron chi connectivity index (χ1n) is 6.38. The third-order valence-corrected chi connectivity index (χ3v) is 3.29. The molecule has 0 aromatic carbocycles. The number of hydrogen-bond acceptors (Lipinski definition) is 5. The number of ether oxygens (including phenoxy) is 1. The van der Waals surface area contributed by atoms with Crippen molar-refractivity contribution in [2.75, 3.05) is 19.7 Å². The topological polar surface area (TPSA) is 62.4 Å². The largest absolute Gasteiger partial charge is 0.465 e. The summed E-state index contributed by atoms with van der Waals surface area (Å²) in [5.74, 6) is -0.155. The van der Waals surface area contributed by atoms with Gasteiger partial charge in [-0.25, -0.2) is 10.9 Å². The maximum atomic E-state index is 11.5. The van der Waals surface area contributed by atoms with Crippen LogP contribution in [0.25, 0.3) is 0 Å². The summed E-state index contributed by atoms with van der Waals surface area (Å²) in [4.78, 5) is 11.5. The summed E-state index contributed by atoms with van der Waals surface area (Å²) in [7, 11) is 0. The molecule has 5 nitrogen and oxygen atoms in total. The fourth-order valence-electron chi connectivity index (χ4n) is 2.33. The normalized spacial score (nSPS) is 29.6. The Balaban J connectivity index is 1.81. The lowest BCUT2D eigenvalue weighted by Crippen LogP contribution is -2.55. The summed E-state index contributed by atoms with van der Waals surface area (Å²) in [6.45, 7) is 4.27.